The zero-order valence-corrected chi connectivity index (χ0v) is 11.3. The van der Waals surface area contributed by atoms with Gasteiger partial charge in [0.1, 0.15) is 6.04 Å². The van der Waals surface area contributed by atoms with Crippen LogP contribution in [-0.2, 0) is 14.3 Å². The van der Waals surface area contributed by atoms with Crippen LogP contribution in [0.2, 0.25) is 0 Å². The highest BCUT2D eigenvalue weighted by molar-refractivity contribution is 5.87. The maximum absolute atomic E-state index is 12.0. The summed E-state index contributed by atoms with van der Waals surface area (Å²) >= 11 is 0. The molecule has 0 aromatic carbocycles. The Morgan fingerprint density at radius 3 is 2.44 bits per heavy atom. The second-order valence-corrected chi connectivity index (χ2v) is 5.70. The number of ether oxygens (including phenoxy) is 1. The van der Waals surface area contributed by atoms with Crippen molar-refractivity contribution in [2.45, 2.75) is 45.4 Å². The zero-order chi connectivity index (χ0) is 13.9. The molecular formula is C12H22N2O4. The first-order valence-corrected chi connectivity index (χ1v) is 6.05. The summed E-state index contributed by atoms with van der Waals surface area (Å²) in [7, 11) is 1.60. The van der Waals surface area contributed by atoms with Crippen molar-refractivity contribution in [2.75, 3.05) is 13.7 Å². The quantitative estimate of drug-likeness (QED) is 0.659. The molecule has 0 aromatic heterocycles. The van der Waals surface area contributed by atoms with Gasteiger partial charge in [-0.3, -0.25) is 4.79 Å². The van der Waals surface area contributed by atoms with E-state index in [1.54, 1.807) is 27.9 Å². The lowest BCUT2D eigenvalue weighted by Crippen LogP contribution is -2.53. The number of hydrogen-bond donors (Lipinski definition) is 3. The number of aliphatic carboxylic acids is 1. The predicted molar refractivity (Wildman–Crippen MR) is 66.2 cm³/mol. The molecule has 6 nitrogen and oxygen atoms in total. The van der Waals surface area contributed by atoms with Crippen molar-refractivity contribution in [3.8, 4) is 0 Å². The Kier molecular flexibility index (Phi) is 4.70. The average Bonchev–Trinajstić information content (AvgIpc) is 2.71. The maximum Gasteiger partial charge on any atom is 0.326 e. The number of carboxylic acid groups (broad SMARTS) is 1. The molecule has 1 aliphatic heterocycles. The minimum atomic E-state index is -1.02. The molecule has 0 aromatic rings. The number of rotatable bonds is 4. The summed E-state index contributed by atoms with van der Waals surface area (Å²) in [5.41, 5.74) is -0.527. The number of amides is 1. The SMILES string of the molecule is COC1CNC(C(=O)NC(C(=O)O)C(C)(C)C)C1. The summed E-state index contributed by atoms with van der Waals surface area (Å²) in [6.07, 6.45) is 0.581. The standard InChI is InChI=1S/C12H22N2O4/c1-12(2,3)9(11(16)17)14-10(15)8-5-7(18-4)6-13-8/h7-9,13H,5-6H2,1-4H3,(H,14,15)(H,16,17). The number of carboxylic acids is 1. The molecule has 6 heteroatoms. The van der Waals surface area contributed by atoms with E-state index in [2.05, 4.69) is 10.6 Å². The van der Waals surface area contributed by atoms with Crippen LogP contribution in [0.1, 0.15) is 27.2 Å². The monoisotopic (exact) mass is 258 g/mol. The summed E-state index contributed by atoms with van der Waals surface area (Å²) in [6, 6.07) is -1.27. The van der Waals surface area contributed by atoms with Gasteiger partial charge in [0, 0.05) is 13.7 Å². The molecule has 1 saturated heterocycles. The Bertz CT molecular complexity index is 325. The zero-order valence-electron chi connectivity index (χ0n) is 11.3. The van der Waals surface area contributed by atoms with Crippen LogP contribution in [0.25, 0.3) is 0 Å². The van der Waals surface area contributed by atoms with Crippen molar-refractivity contribution in [3.05, 3.63) is 0 Å². The molecule has 1 heterocycles. The average molecular weight is 258 g/mol. The molecule has 3 atom stereocenters. The second kappa shape index (κ2) is 5.67. The smallest absolute Gasteiger partial charge is 0.326 e. The third kappa shape index (κ3) is 3.68. The lowest BCUT2D eigenvalue weighted by atomic mass is 9.86. The third-order valence-electron chi connectivity index (χ3n) is 3.14. The van der Waals surface area contributed by atoms with Crippen LogP contribution in [-0.4, -0.2) is 48.8 Å². The summed E-state index contributed by atoms with van der Waals surface area (Å²) in [5, 5.41) is 14.7. The number of nitrogens with one attached hydrogen (secondary N) is 2. The lowest BCUT2D eigenvalue weighted by Gasteiger charge is -2.28. The molecule has 1 rings (SSSR count). The van der Waals surface area contributed by atoms with E-state index >= 15 is 0 Å². The molecule has 0 radical (unpaired) electrons. The van der Waals surface area contributed by atoms with Gasteiger partial charge >= 0.3 is 5.97 Å². The van der Waals surface area contributed by atoms with E-state index in [1.165, 1.54) is 0 Å². The van der Waals surface area contributed by atoms with Crippen molar-refractivity contribution in [2.24, 2.45) is 5.41 Å². The molecule has 0 saturated carbocycles. The minimum Gasteiger partial charge on any atom is -0.480 e. The van der Waals surface area contributed by atoms with Gasteiger partial charge in [0.05, 0.1) is 12.1 Å². The molecule has 3 unspecified atom stereocenters. The molecule has 104 valence electrons. The summed E-state index contributed by atoms with van der Waals surface area (Å²) in [6.45, 7) is 5.96. The first-order chi connectivity index (χ1) is 8.25. The fraction of sp³-hybridized carbons (Fsp3) is 0.833. The highest BCUT2D eigenvalue weighted by Gasteiger charge is 2.36. The number of carbonyl (C=O) groups excluding carboxylic acids is 1. The topological polar surface area (TPSA) is 87.7 Å². The number of methoxy groups -OCH3 is 1. The molecular weight excluding hydrogens is 236 g/mol. The van der Waals surface area contributed by atoms with Gasteiger partial charge in [-0.05, 0) is 11.8 Å². The normalized spacial score (nSPS) is 25.8. The Morgan fingerprint density at radius 1 is 1.44 bits per heavy atom. The lowest BCUT2D eigenvalue weighted by molar-refractivity contribution is -0.145. The van der Waals surface area contributed by atoms with E-state index in [9.17, 15) is 9.59 Å². The van der Waals surface area contributed by atoms with Crippen molar-refractivity contribution in [1.29, 1.82) is 0 Å². The molecule has 18 heavy (non-hydrogen) atoms. The highest BCUT2D eigenvalue weighted by Crippen LogP contribution is 2.20. The van der Waals surface area contributed by atoms with Crippen LogP contribution >= 0.6 is 0 Å². The van der Waals surface area contributed by atoms with E-state index in [-0.39, 0.29) is 18.1 Å². The maximum atomic E-state index is 12.0. The number of hydrogen-bond acceptors (Lipinski definition) is 4. The molecule has 1 aliphatic rings. The van der Waals surface area contributed by atoms with Gasteiger partial charge in [-0.2, -0.15) is 0 Å². The van der Waals surface area contributed by atoms with Crippen LogP contribution in [0.3, 0.4) is 0 Å². The molecule has 0 aliphatic carbocycles. The summed E-state index contributed by atoms with van der Waals surface area (Å²) in [5.74, 6) is -1.30. The van der Waals surface area contributed by atoms with Crippen LogP contribution in [0.15, 0.2) is 0 Å². The Labute approximate surface area is 107 Å². The Balaban J connectivity index is 2.60. The predicted octanol–water partition coefficient (Wildman–Crippen LogP) is -0.0212. The van der Waals surface area contributed by atoms with Gasteiger partial charge in [-0.1, -0.05) is 20.8 Å². The van der Waals surface area contributed by atoms with Gasteiger partial charge in [-0.15, -0.1) is 0 Å². The molecule has 1 fully saturated rings. The number of carbonyl (C=O) groups is 2. The van der Waals surface area contributed by atoms with E-state index in [0.29, 0.717) is 13.0 Å². The van der Waals surface area contributed by atoms with E-state index in [4.69, 9.17) is 9.84 Å². The summed E-state index contributed by atoms with van der Waals surface area (Å²) in [4.78, 5) is 23.1. The molecule has 1 amide bonds. The third-order valence-corrected chi connectivity index (χ3v) is 3.14. The van der Waals surface area contributed by atoms with Gasteiger partial charge in [0.15, 0.2) is 0 Å². The fourth-order valence-corrected chi connectivity index (χ4v) is 1.97. The first-order valence-electron chi connectivity index (χ1n) is 6.05. The van der Waals surface area contributed by atoms with Gasteiger partial charge in [0.25, 0.3) is 0 Å². The van der Waals surface area contributed by atoms with Gasteiger partial charge in [0.2, 0.25) is 5.91 Å². The van der Waals surface area contributed by atoms with Crippen molar-refractivity contribution in [1.82, 2.24) is 10.6 Å². The largest absolute Gasteiger partial charge is 0.480 e. The molecule has 0 bridgehead atoms. The van der Waals surface area contributed by atoms with Crippen molar-refractivity contribution < 1.29 is 19.4 Å². The molecule has 0 spiro atoms. The van der Waals surface area contributed by atoms with Crippen LogP contribution < -0.4 is 10.6 Å². The van der Waals surface area contributed by atoms with Gasteiger partial charge < -0.3 is 20.5 Å². The van der Waals surface area contributed by atoms with E-state index < -0.39 is 17.4 Å². The van der Waals surface area contributed by atoms with Crippen LogP contribution in [0.4, 0.5) is 0 Å². The molecule has 3 N–H and O–H groups in total. The van der Waals surface area contributed by atoms with Gasteiger partial charge in [-0.25, -0.2) is 4.79 Å². The Morgan fingerprint density at radius 2 is 2.06 bits per heavy atom. The van der Waals surface area contributed by atoms with Crippen molar-refractivity contribution in [3.63, 3.8) is 0 Å². The first kappa shape index (κ1) is 14.9. The fourth-order valence-electron chi connectivity index (χ4n) is 1.97. The minimum absolute atomic E-state index is 0.0127. The van der Waals surface area contributed by atoms with Crippen LogP contribution in [0, 0.1) is 5.41 Å². The Hall–Kier alpha value is -1.14. The van der Waals surface area contributed by atoms with Crippen molar-refractivity contribution >= 4 is 11.9 Å². The van der Waals surface area contributed by atoms with Crippen LogP contribution in [0.5, 0.6) is 0 Å². The van der Waals surface area contributed by atoms with E-state index in [1.807, 2.05) is 0 Å². The summed E-state index contributed by atoms with van der Waals surface area (Å²) < 4.78 is 5.15. The van der Waals surface area contributed by atoms with E-state index in [0.717, 1.165) is 0 Å². The highest BCUT2D eigenvalue weighted by atomic mass is 16.5. The second-order valence-electron chi connectivity index (χ2n) is 5.70.